The minimum atomic E-state index is 0.853. The van der Waals surface area contributed by atoms with E-state index in [-0.39, 0.29) is 0 Å². The summed E-state index contributed by atoms with van der Waals surface area (Å²) in [6.45, 7) is 12.4. The third-order valence-electron chi connectivity index (χ3n) is 4.34. The first-order valence-corrected chi connectivity index (χ1v) is 8.15. The van der Waals surface area contributed by atoms with Gasteiger partial charge >= 0.3 is 0 Å². The predicted molar refractivity (Wildman–Crippen MR) is 79.6 cm³/mol. The second-order valence-corrected chi connectivity index (χ2v) is 5.85. The number of ether oxygens (including phenoxy) is 1. The van der Waals surface area contributed by atoms with Crippen LogP contribution in [0.25, 0.3) is 0 Å². The van der Waals surface area contributed by atoms with E-state index in [0.717, 1.165) is 32.3 Å². The van der Waals surface area contributed by atoms with Gasteiger partial charge in [-0.2, -0.15) is 0 Å². The summed E-state index contributed by atoms with van der Waals surface area (Å²) >= 11 is 0. The van der Waals surface area contributed by atoms with Crippen LogP contribution in [0.5, 0.6) is 0 Å². The van der Waals surface area contributed by atoms with E-state index in [1.54, 1.807) is 0 Å². The second-order valence-electron chi connectivity index (χ2n) is 5.85. The molecule has 1 N–H and O–H groups in total. The van der Waals surface area contributed by atoms with Gasteiger partial charge in [0.05, 0.1) is 6.61 Å². The molecule has 0 aromatic carbocycles. The number of hydrogen-bond acceptors (Lipinski definition) is 4. The lowest BCUT2D eigenvalue weighted by Gasteiger charge is -2.37. The van der Waals surface area contributed by atoms with E-state index in [4.69, 9.17) is 4.74 Å². The Morgan fingerprint density at radius 3 is 3.00 bits per heavy atom. The molecule has 0 spiro atoms. The van der Waals surface area contributed by atoms with Gasteiger partial charge in [-0.15, -0.1) is 0 Å². The van der Waals surface area contributed by atoms with Crippen molar-refractivity contribution in [3.8, 4) is 0 Å². The Bertz CT molecular complexity index is 237. The summed E-state index contributed by atoms with van der Waals surface area (Å²) in [5, 5.41) is 3.49. The van der Waals surface area contributed by atoms with Gasteiger partial charge in [-0.1, -0.05) is 13.3 Å². The lowest BCUT2D eigenvalue weighted by molar-refractivity contribution is 0.103. The van der Waals surface area contributed by atoms with Crippen LogP contribution in [-0.4, -0.2) is 74.9 Å². The zero-order valence-electron chi connectivity index (χ0n) is 12.6. The molecule has 4 nitrogen and oxygen atoms in total. The highest BCUT2D eigenvalue weighted by Crippen LogP contribution is 2.20. The quantitative estimate of drug-likeness (QED) is 0.636. The van der Waals surface area contributed by atoms with Crippen molar-refractivity contribution < 1.29 is 4.74 Å². The highest BCUT2D eigenvalue weighted by Gasteiger charge is 2.29. The molecule has 0 aromatic heterocycles. The average molecular weight is 269 g/mol. The van der Waals surface area contributed by atoms with E-state index in [2.05, 4.69) is 22.0 Å². The Kier molecular flexibility index (Phi) is 7.14. The first-order valence-electron chi connectivity index (χ1n) is 8.15. The van der Waals surface area contributed by atoms with Crippen molar-refractivity contribution in [3.05, 3.63) is 0 Å². The van der Waals surface area contributed by atoms with E-state index < -0.39 is 0 Å². The van der Waals surface area contributed by atoms with Crippen LogP contribution in [0.4, 0.5) is 0 Å². The monoisotopic (exact) mass is 269 g/mol. The molecule has 0 radical (unpaired) electrons. The highest BCUT2D eigenvalue weighted by atomic mass is 16.5. The molecule has 0 aromatic rings. The lowest BCUT2D eigenvalue weighted by atomic mass is 10.1. The standard InChI is InChI=1S/C15H31N3O/c1-2-3-12-19-13-7-16-6-9-17-10-11-18-8-4-5-15(18)14-17/h15-16H,2-14H2,1H3. The van der Waals surface area contributed by atoms with E-state index in [1.807, 2.05) is 0 Å². The second kappa shape index (κ2) is 8.90. The van der Waals surface area contributed by atoms with Crippen molar-refractivity contribution in [1.82, 2.24) is 15.1 Å². The minimum Gasteiger partial charge on any atom is -0.380 e. The van der Waals surface area contributed by atoms with Gasteiger partial charge in [0.1, 0.15) is 0 Å². The minimum absolute atomic E-state index is 0.853. The summed E-state index contributed by atoms with van der Waals surface area (Å²) in [5.41, 5.74) is 0. The summed E-state index contributed by atoms with van der Waals surface area (Å²) < 4.78 is 5.54. The number of unbranched alkanes of at least 4 members (excludes halogenated alkanes) is 1. The molecule has 0 aliphatic carbocycles. The van der Waals surface area contributed by atoms with Crippen molar-refractivity contribution in [2.24, 2.45) is 0 Å². The van der Waals surface area contributed by atoms with Crippen LogP contribution in [0, 0.1) is 0 Å². The first kappa shape index (κ1) is 15.2. The topological polar surface area (TPSA) is 27.7 Å². The molecule has 2 aliphatic heterocycles. The maximum absolute atomic E-state index is 5.54. The molecule has 1 unspecified atom stereocenters. The van der Waals surface area contributed by atoms with Crippen LogP contribution in [0.15, 0.2) is 0 Å². The Morgan fingerprint density at radius 1 is 1.16 bits per heavy atom. The highest BCUT2D eigenvalue weighted by molar-refractivity contribution is 4.86. The lowest BCUT2D eigenvalue weighted by Crippen LogP contribution is -2.51. The molecule has 112 valence electrons. The summed E-state index contributed by atoms with van der Waals surface area (Å²) in [5.74, 6) is 0. The van der Waals surface area contributed by atoms with Crippen molar-refractivity contribution in [3.63, 3.8) is 0 Å². The molecular weight excluding hydrogens is 238 g/mol. The van der Waals surface area contributed by atoms with Crippen molar-refractivity contribution in [1.29, 1.82) is 0 Å². The van der Waals surface area contributed by atoms with Crippen LogP contribution in [0.1, 0.15) is 32.6 Å². The molecule has 4 heteroatoms. The van der Waals surface area contributed by atoms with E-state index >= 15 is 0 Å². The van der Waals surface area contributed by atoms with Crippen LogP contribution in [-0.2, 0) is 4.74 Å². The van der Waals surface area contributed by atoms with Crippen molar-refractivity contribution >= 4 is 0 Å². The van der Waals surface area contributed by atoms with Crippen LogP contribution < -0.4 is 5.32 Å². The third-order valence-corrected chi connectivity index (χ3v) is 4.34. The molecule has 1 atom stereocenters. The third kappa shape index (κ3) is 5.38. The van der Waals surface area contributed by atoms with Crippen molar-refractivity contribution in [2.75, 3.05) is 59.0 Å². The largest absolute Gasteiger partial charge is 0.380 e. The SMILES string of the molecule is CCCCOCCNCCN1CCN2CCCC2C1. The zero-order valence-corrected chi connectivity index (χ0v) is 12.6. The number of nitrogens with zero attached hydrogens (tertiary/aromatic N) is 2. The van der Waals surface area contributed by atoms with E-state index in [1.165, 1.54) is 58.4 Å². The van der Waals surface area contributed by atoms with Gasteiger partial charge in [-0.3, -0.25) is 9.80 Å². The maximum Gasteiger partial charge on any atom is 0.0590 e. The molecule has 2 fully saturated rings. The fourth-order valence-electron chi connectivity index (χ4n) is 3.11. The van der Waals surface area contributed by atoms with Crippen molar-refractivity contribution in [2.45, 2.75) is 38.6 Å². The average Bonchev–Trinajstić information content (AvgIpc) is 2.89. The molecule has 0 bridgehead atoms. The summed E-state index contributed by atoms with van der Waals surface area (Å²) in [7, 11) is 0. The molecule has 2 aliphatic rings. The number of hydrogen-bond donors (Lipinski definition) is 1. The van der Waals surface area contributed by atoms with Gasteiger partial charge < -0.3 is 10.1 Å². The Balaban J connectivity index is 1.43. The van der Waals surface area contributed by atoms with Gasteiger partial charge in [-0.05, 0) is 25.8 Å². The molecule has 2 saturated heterocycles. The fourth-order valence-corrected chi connectivity index (χ4v) is 3.11. The van der Waals surface area contributed by atoms with Gasteiger partial charge in [0.2, 0.25) is 0 Å². The van der Waals surface area contributed by atoms with E-state index in [0.29, 0.717) is 0 Å². The number of nitrogens with one attached hydrogen (secondary N) is 1. The summed E-state index contributed by atoms with van der Waals surface area (Å²) in [6.07, 6.45) is 5.23. The van der Waals surface area contributed by atoms with Gasteiger partial charge in [0.25, 0.3) is 0 Å². The molecule has 2 rings (SSSR count). The number of rotatable bonds is 9. The van der Waals surface area contributed by atoms with Gasteiger partial charge in [0.15, 0.2) is 0 Å². The van der Waals surface area contributed by atoms with Crippen LogP contribution in [0.3, 0.4) is 0 Å². The van der Waals surface area contributed by atoms with Crippen LogP contribution >= 0.6 is 0 Å². The van der Waals surface area contributed by atoms with Gasteiger partial charge in [0, 0.05) is 51.9 Å². The maximum atomic E-state index is 5.54. The summed E-state index contributed by atoms with van der Waals surface area (Å²) in [6, 6.07) is 0.853. The molecule has 19 heavy (non-hydrogen) atoms. The molecule has 0 saturated carbocycles. The Labute approximate surface area is 118 Å². The van der Waals surface area contributed by atoms with Crippen LogP contribution in [0.2, 0.25) is 0 Å². The fraction of sp³-hybridized carbons (Fsp3) is 1.00. The zero-order chi connectivity index (χ0) is 13.3. The first-order chi connectivity index (χ1) is 9.40. The Morgan fingerprint density at radius 2 is 2.11 bits per heavy atom. The predicted octanol–water partition coefficient (Wildman–Crippen LogP) is 1.17. The smallest absolute Gasteiger partial charge is 0.0590 e. The number of fused-ring (bicyclic) bond motifs is 1. The summed E-state index contributed by atoms with van der Waals surface area (Å²) in [4.78, 5) is 5.29. The Hall–Kier alpha value is -0.160. The number of piperazine rings is 1. The van der Waals surface area contributed by atoms with E-state index in [9.17, 15) is 0 Å². The van der Waals surface area contributed by atoms with Gasteiger partial charge in [-0.25, -0.2) is 0 Å². The normalized spacial score (nSPS) is 24.8. The molecular formula is C15H31N3O. The molecule has 2 heterocycles. The molecule has 0 amide bonds.